The van der Waals surface area contributed by atoms with Crippen LogP contribution in [0.15, 0.2) is 58.5 Å². The highest BCUT2D eigenvalue weighted by Crippen LogP contribution is 2.21. The summed E-state index contributed by atoms with van der Waals surface area (Å²) in [6.07, 6.45) is 3.94. The third-order valence-electron chi connectivity index (χ3n) is 4.51. The topological polar surface area (TPSA) is 122 Å². The molecular formula is C19H20N4O5S. The number of benzene rings is 2. The van der Waals surface area contributed by atoms with E-state index in [9.17, 15) is 23.3 Å². The second-order valence-corrected chi connectivity index (χ2v) is 8.48. The van der Waals surface area contributed by atoms with E-state index < -0.39 is 20.9 Å². The van der Waals surface area contributed by atoms with Crippen molar-refractivity contribution in [3.05, 3.63) is 69.8 Å². The summed E-state index contributed by atoms with van der Waals surface area (Å²) in [5.74, 6) is -0.581. The molecule has 1 fully saturated rings. The lowest BCUT2D eigenvalue weighted by atomic mass is 10.2. The Morgan fingerprint density at radius 3 is 2.55 bits per heavy atom. The molecule has 1 amide bonds. The van der Waals surface area contributed by atoms with Gasteiger partial charge in [-0.15, -0.1) is 0 Å². The number of hydrogen-bond acceptors (Lipinski definition) is 6. The number of sulfonamides is 1. The first-order valence-electron chi connectivity index (χ1n) is 9.06. The second kappa shape index (κ2) is 8.93. The Bertz CT molecular complexity index is 1050. The normalized spacial score (nSPS) is 15.3. The third kappa shape index (κ3) is 5.04. The number of nitrogens with one attached hydrogen (secondary N) is 1. The standard InChI is InChI=1S/C19H20N4O5S/c24-19(21-20-14-15-6-4-8-17(12-15)23(25)26)16-7-5-9-18(13-16)29(27,28)22-10-2-1-3-11-22/h4-9,12-14H,1-3,10-11H2,(H,21,24)/b20-14-. The number of piperidine rings is 1. The van der Waals surface area contributed by atoms with Gasteiger partial charge in [-0.1, -0.05) is 24.6 Å². The molecule has 9 nitrogen and oxygen atoms in total. The number of nitro benzene ring substituents is 1. The van der Waals surface area contributed by atoms with Gasteiger partial charge in [0.1, 0.15) is 0 Å². The van der Waals surface area contributed by atoms with Gasteiger partial charge in [0, 0.05) is 36.3 Å². The fourth-order valence-electron chi connectivity index (χ4n) is 3.00. The molecule has 3 rings (SSSR count). The van der Waals surface area contributed by atoms with Crippen molar-refractivity contribution in [3.8, 4) is 0 Å². The molecule has 29 heavy (non-hydrogen) atoms. The van der Waals surface area contributed by atoms with Crippen LogP contribution in [-0.2, 0) is 10.0 Å². The van der Waals surface area contributed by atoms with Gasteiger partial charge in [-0.25, -0.2) is 13.8 Å². The maximum absolute atomic E-state index is 12.8. The van der Waals surface area contributed by atoms with Crippen LogP contribution in [0.25, 0.3) is 0 Å². The first kappa shape index (κ1) is 20.6. The summed E-state index contributed by atoms with van der Waals surface area (Å²) in [5.41, 5.74) is 2.82. The van der Waals surface area contributed by atoms with E-state index in [4.69, 9.17) is 0 Å². The minimum absolute atomic E-state index is 0.0645. The largest absolute Gasteiger partial charge is 0.271 e. The van der Waals surface area contributed by atoms with Gasteiger partial charge in [-0.3, -0.25) is 14.9 Å². The van der Waals surface area contributed by atoms with Crippen molar-refractivity contribution in [1.29, 1.82) is 0 Å². The van der Waals surface area contributed by atoms with Gasteiger partial charge in [0.05, 0.1) is 16.0 Å². The predicted octanol–water partition coefficient (Wildman–Crippen LogP) is 2.53. The molecule has 1 heterocycles. The molecule has 0 unspecified atom stereocenters. The Morgan fingerprint density at radius 2 is 1.83 bits per heavy atom. The number of hydrogen-bond donors (Lipinski definition) is 1. The summed E-state index contributed by atoms with van der Waals surface area (Å²) in [4.78, 5) is 22.7. The van der Waals surface area contributed by atoms with Crippen LogP contribution in [0.1, 0.15) is 35.2 Å². The molecule has 2 aromatic carbocycles. The molecule has 0 atom stereocenters. The van der Waals surface area contributed by atoms with Crippen LogP contribution in [0.3, 0.4) is 0 Å². The summed E-state index contributed by atoms with van der Waals surface area (Å²) in [6, 6.07) is 11.6. The van der Waals surface area contributed by atoms with E-state index in [1.807, 2.05) is 0 Å². The molecule has 1 N–H and O–H groups in total. The van der Waals surface area contributed by atoms with Gasteiger partial charge in [0.15, 0.2) is 0 Å². The minimum Gasteiger partial charge on any atom is -0.267 e. The van der Waals surface area contributed by atoms with E-state index in [-0.39, 0.29) is 16.1 Å². The fourth-order valence-corrected chi connectivity index (χ4v) is 4.56. The van der Waals surface area contributed by atoms with Crippen molar-refractivity contribution in [2.75, 3.05) is 13.1 Å². The third-order valence-corrected chi connectivity index (χ3v) is 6.40. The van der Waals surface area contributed by atoms with Gasteiger partial charge in [-0.05, 0) is 31.0 Å². The fraction of sp³-hybridized carbons (Fsp3) is 0.263. The van der Waals surface area contributed by atoms with E-state index in [1.165, 1.54) is 53.0 Å². The minimum atomic E-state index is -3.64. The zero-order valence-electron chi connectivity index (χ0n) is 15.5. The molecule has 1 aliphatic heterocycles. The summed E-state index contributed by atoms with van der Waals surface area (Å²) < 4.78 is 27.0. The van der Waals surface area contributed by atoms with Crippen molar-refractivity contribution in [2.45, 2.75) is 24.2 Å². The second-order valence-electron chi connectivity index (χ2n) is 6.54. The lowest BCUT2D eigenvalue weighted by Crippen LogP contribution is -2.35. The van der Waals surface area contributed by atoms with Crippen molar-refractivity contribution < 1.29 is 18.1 Å². The Hall–Kier alpha value is -3.11. The van der Waals surface area contributed by atoms with E-state index in [2.05, 4.69) is 10.5 Å². The highest BCUT2D eigenvalue weighted by molar-refractivity contribution is 7.89. The van der Waals surface area contributed by atoms with Gasteiger partial charge in [-0.2, -0.15) is 9.41 Å². The quantitative estimate of drug-likeness (QED) is 0.440. The van der Waals surface area contributed by atoms with Crippen molar-refractivity contribution in [1.82, 2.24) is 9.73 Å². The summed E-state index contributed by atoms with van der Waals surface area (Å²) in [5, 5.41) is 14.6. The van der Waals surface area contributed by atoms with E-state index in [1.54, 1.807) is 6.07 Å². The lowest BCUT2D eigenvalue weighted by molar-refractivity contribution is -0.384. The molecule has 10 heteroatoms. The van der Waals surface area contributed by atoms with Crippen LogP contribution in [0, 0.1) is 10.1 Å². The van der Waals surface area contributed by atoms with Crippen LogP contribution in [0.4, 0.5) is 5.69 Å². The first-order chi connectivity index (χ1) is 13.9. The molecule has 152 valence electrons. The molecule has 0 aliphatic carbocycles. The smallest absolute Gasteiger partial charge is 0.267 e. The van der Waals surface area contributed by atoms with Gasteiger partial charge in [0.25, 0.3) is 11.6 Å². The maximum atomic E-state index is 12.8. The highest BCUT2D eigenvalue weighted by atomic mass is 32.2. The van der Waals surface area contributed by atoms with E-state index in [0.717, 1.165) is 19.3 Å². The zero-order valence-corrected chi connectivity index (χ0v) is 16.3. The highest BCUT2D eigenvalue weighted by Gasteiger charge is 2.26. The van der Waals surface area contributed by atoms with Crippen molar-refractivity contribution in [3.63, 3.8) is 0 Å². The Morgan fingerprint density at radius 1 is 1.10 bits per heavy atom. The molecule has 0 spiro atoms. The number of non-ortho nitro benzene ring substituents is 1. The van der Waals surface area contributed by atoms with E-state index in [0.29, 0.717) is 18.7 Å². The predicted molar refractivity (Wildman–Crippen MR) is 107 cm³/mol. The van der Waals surface area contributed by atoms with Crippen LogP contribution in [-0.4, -0.2) is 42.9 Å². The van der Waals surface area contributed by atoms with Gasteiger partial charge >= 0.3 is 0 Å². The molecule has 1 saturated heterocycles. The number of carbonyl (C=O) groups is 1. The monoisotopic (exact) mass is 416 g/mol. The van der Waals surface area contributed by atoms with Crippen LogP contribution in [0.2, 0.25) is 0 Å². The number of amides is 1. The average Bonchev–Trinajstić information content (AvgIpc) is 2.74. The Labute approximate surface area is 168 Å². The maximum Gasteiger partial charge on any atom is 0.271 e. The number of nitrogens with zero attached hydrogens (tertiary/aromatic N) is 3. The molecule has 0 saturated carbocycles. The zero-order chi connectivity index (χ0) is 20.9. The molecule has 0 radical (unpaired) electrons. The summed E-state index contributed by atoms with van der Waals surface area (Å²) in [6.45, 7) is 0.957. The van der Waals surface area contributed by atoms with Gasteiger partial charge in [0.2, 0.25) is 10.0 Å². The van der Waals surface area contributed by atoms with Crippen LogP contribution in [0.5, 0.6) is 0 Å². The van der Waals surface area contributed by atoms with E-state index >= 15 is 0 Å². The van der Waals surface area contributed by atoms with Crippen molar-refractivity contribution in [2.24, 2.45) is 5.10 Å². The molecule has 2 aromatic rings. The summed E-state index contributed by atoms with van der Waals surface area (Å²) in [7, 11) is -3.64. The number of rotatable bonds is 6. The molecule has 0 aromatic heterocycles. The van der Waals surface area contributed by atoms with Crippen molar-refractivity contribution >= 4 is 27.8 Å². The first-order valence-corrected chi connectivity index (χ1v) is 10.5. The SMILES string of the molecule is O=C(N/N=C\c1cccc([N+](=O)[O-])c1)c1cccc(S(=O)(=O)N2CCCCC2)c1. The molecule has 1 aliphatic rings. The molecular weight excluding hydrogens is 396 g/mol. The summed E-state index contributed by atoms with van der Waals surface area (Å²) >= 11 is 0. The number of carbonyl (C=O) groups excluding carboxylic acids is 1. The number of nitro groups is 1. The van der Waals surface area contributed by atoms with Crippen LogP contribution < -0.4 is 5.43 Å². The molecule has 0 bridgehead atoms. The number of hydrazone groups is 1. The van der Waals surface area contributed by atoms with Crippen LogP contribution >= 0.6 is 0 Å². The lowest BCUT2D eigenvalue weighted by Gasteiger charge is -2.25. The van der Waals surface area contributed by atoms with Gasteiger partial charge < -0.3 is 0 Å². The Balaban J connectivity index is 1.71. The average molecular weight is 416 g/mol. The Kier molecular flexibility index (Phi) is 6.35.